The van der Waals surface area contributed by atoms with Gasteiger partial charge in [-0.15, -0.1) is 0 Å². The first-order chi connectivity index (χ1) is 9.75. The number of fused-ring (bicyclic) bond motifs is 1. The van der Waals surface area contributed by atoms with Crippen LogP contribution in [0, 0.1) is 0 Å². The minimum Gasteiger partial charge on any atom is -0.478 e. The molecule has 1 aromatic heterocycles. The number of hydrogen-bond donors (Lipinski definition) is 1. The van der Waals surface area contributed by atoms with Crippen LogP contribution >= 0.6 is 0 Å². The van der Waals surface area contributed by atoms with Gasteiger partial charge in [-0.05, 0) is 38.1 Å². The zero-order chi connectivity index (χ0) is 13.9. The number of aromatic nitrogens is 1. The van der Waals surface area contributed by atoms with Crippen molar-refractivity contribution in [2.45, 2.75) is 25.8 Å². The minimum absolute atomic E-state index is 0.395. The van der Waals surface area contributed by atoms with Crippen LogP contribution in [0.4, 0.5) is 0 Å². The van der Waals surface area contributed by atoms with Crippen LogP contribution in [0.3, 0.4) is 0 Å². The van der Waals surface area contributed by atoms with Crippen molar-refractivity contribution in [2.75, 3.05) is 19.6 Å². The molecule has 0 spiro atoms. The van der Waals surface area contributed by atoms with Gasteiger partial charge in [-0.1, -0.05) is 18.6 Å². The average molecular weight is 272 g/mol. The predicted octanol–water partition coefficient (Wildman–Crippen LogP) is 2.83. The van der Waals surface area contributed by atoms with Crippen LogP contribution in [0.2, 0.25) is 0 Å². The average Bonchev–Trinajstić information content (AvgIpc) is 2.89. The Bertz CT molecular complexity index is 612. The topological polar surface area (TPSA) is 45.5 Å². The molecule has 4 nitrogen and oxygen atoms in total. The first-order valence-corrected chi connectivity index (χ1v) is 7.29. The third-order valence-electron chi connectivity index (χ3n) is 4.12. The highest BCUT2D eigenvalue weighted by atomic mass is 16.4. The fraction of sp³-hybridized carbons (Fsp3) is 0.438. The number of hydrogen-bond acceptors (Lipinski definition) is 2. The van der Waals surface area contributed by atoms with Crippen molar-refractivity contribution in [3.05, 3.63) is 36.0 Å². The van der Waals surface area contributed by atoms with Crippen molar-refractivity contribution in [2.24, 2.45) is 0 Å². The highest BCUT2D eigenvalue weighted by Gasteiger charge is 2.14. The summed E-state index contributed by atoms with van der Waals surface area (Å²) in [7, 11) is 0. The van der Waals surface area contributed by atoms with Crippen LogP contribution in [0.1, 0.15) is 29.6 Å². The molecule has 0 aliphatic carbocycles. The second-order valence-corrected chi connectivity index (χ2v) is 5.46. The van der Waals surface area contributed by atoms with Gasteiger partial charge in [0.25, 0.3) is 0 Å². The molecule has 2 heterocycles. The van der Waals surface area contributed by atoms with E-state index in [9.17, 15) is 9.90 Å². The molecule has 4 heteroatoms. The van der Waals surface area contributed by atoms with Crippen LogP contribution in [-0.2, 0) is 6.54 Å². The Kier molecular flexibility index (Phi) is 3.74. The van der Waals surface area contributed by atoms with E-state index in [1.165, 1.54) is 32.4 Å². The zero-order valence-electron chi connectivity index (χ0n) is 11.6. The Hall–Kier alpha value is -1.81. The van der Waals surface area contributed by atoms with E-state index in [-0.39, 0.29) is 0 Å². The SMILES string of the molecule is O=C(O)c1cccc2ccn(CCN3CCCCC3)c12. The fourth-order valence-electron chi connectivity index (χ4n) is 3.05. The summed E-state index contributed by atoms with van der Waals surface area (Å²) in [6.07, 6.45) is 5.91. The Balaban J connectivity index is 1.82. The summed E-state index contributed by atoms with van der Waals surface area (Å²) in [5.74, 6) is -0.853. The van der Waals surface area contributed by atoms with Gasteiger partial charge in [0.05, 0.1) is 11.1 Å². The molecule has 0 bridgehead atoms. The second kappa shape index (κ2) is 5.67. The van der Waals surface area contributed by atoms with E-state index in [2.05, 4.69) is 9.47 Å². The maximum atomic E-state index is 11.3. The van der Waals surface area contributed by atoms with E-state index in [1.807, 2.05) is 18.3 Å². The standard InChI is InChI=1S/C16H20N2O2/c19-16(20)14-6-4-5-13-7-10-18(15(13)14)12-11-17-8-2-1-3-9-17/h4-7,10H,1-3,8-9,11-12H2,(H,19,20). The number of benzene rings is 1. The van der Waals surface area contributed by atoms with Crippen LogP contribution in [0.5, 0.6) is 0 Å². The lowest BCUT2D eigenvalue weighted by atomic mass is 10.1. The van der Waals surface area contributed by atoms with Crippen molar-refractivity contribution in [3.8, 4) is 0 Å². The van der Waals surface area contributed by atoms with E-state index in [0.29, 0.717) is 5.56 Å². The molecular formula is C16H20N2O2. The first kappa shape index (κ1) is 13.2. The number of piperidine rings is 1. The molecule has 0 saturated carbocycles. The number of carboxylic acid groups (broad SMARTS) is 1. The molecule has 20 heavy (non-hydrogen) atoms. The molecule has 1 aliphatic rings. The normalized spacial score (nSPS) is 16.6. The van der Waals surface area contributed by atoms with Gasteiger partial charge in [0, 0.05) is 24.7 Å². The van der Waals surface area contributed by atoms with Gasteiger partial charge in [0.15, 0.2) is 0 Å². The van der Waals surface area contributed by atoms with Crippen molar-refractivity contribution in [3.63, 3.8) is 0 Å². The predicted molar refractivity (Wildman–Crippen MR) is 79.2 cm³/mol. The van der Waals surface area contributed by atoms with Gasteiger partial charge < -0.3 is 14.6 Å². The van der Waals surface area contributed by atoms with Crippen LogP contribution in [0.25, 0.3) is 10.9 Å². The monoisotopic (exact) mass is 272 g/mol. The summed E-state index contributed by atoms with van der Waals surface area (Å²) in [5, 5.41) is 10.3. The highest BCUT2D eigenvalue weighted by molar-refractivity contribution is 6.02. The van der Waals surface area contributed by atoms with Crippen molar-refractivity contribution >= 4 is 16.9 Å². The molecule has 0 radical (unpaired) electrons. The van der Waals surface area contributed by atoms with Gasteiger partial charge in [-0.2, -0.15) is 0 Å². The van der Waals surface area contributed by atoms with Crippen molar-refractivity contribution in [1.82, 2.24) is 9.47 Å². The number of likely N-dealkylation sites (tertiary alicyclic amines) is 1. The number of carbonyl (C=O) groups is 1. The molecule has 2 aromatic rings. The summed E-state index contributed by atoms with van der Waals surface area (Å²) in [4.78, 5) is 13.8. The summed E-state index contributed by atoms with van der Waals surface area (Å²) in [5.41, 5.74) is 1.24. The van der Waals surface area contributed by atoms with Gasteiger partial charge in [-0.3, -0.25) is 0 Å². The van der Waals surface area contributed by atoms with Crippen molar-refractivity contribution < 1.29 is 9.90 Å². The number of carboxylic acids is 1. The van der Waals surface area contributed by atoms with Gasteiger partial charge >= 0.3 is 5.97 Å². The molecule has 1 N–H and O–H groups in total. The number of nitrogens with zero attached hydrogens (tertiary/aromatic N) is 2. The summed E-state index contributed by atoms with van der Waals surface area (Å²) in [6.45, 7) is 4.20. The maximum absolute atomic E-state index is 11.3. The van der Waals surface area contributed by atoms with Crippen LogP contribution in [0.15, 0.2) is 30.5 Å². The smallest absolute Gasteiger partial charge is 0.337 e. The lowest BCUT2D eigenvalue weighted by molar-refractivity contribution is 0.0698. The third-order valence-corrected chi connectivity index (χ3v) is 4.12. The van der Waals surface area contributed by atoms with E-state index in [0.717, 1.165) is 24.0 Å². The summed E-state index contributed by atoms with van der Waals surface area (Å²) < 4.78 is 2.08. The number of aromatic carboxylic acids is 1. The molecule has 1 aliphatic heterocycles. The molecule has 0 unspecified atom stereocenters. The first-order valence-electron chi connectivity index (χ1n) is 7.29. The Morgan fingerprint density at radius 1 is 1.10 bits per heavy atom. The largest absolute Gasteiger partial charge is 0.478 e. The van der Waals surface area contributed by atoms with Gasteiger partial charge in [-0.25, -0.2) is 4.79 Å². The summed E-state index contributed by atoms with van der Waals surface area (Å²) >= 11 is 0. The zero-order valence-corrected chi connectivity index (χ0v) is 11.6. The van der Waals surface area contributed by atoms with Gasteiger partial charge in [0.2, 0.25) is 0 Å². The molecule has 1 fully saturated rings. The third kappa shape index (κ3) is 2.56. The Labute approximate surface area is 118 Å². The number of para-hydroxylation sites is 1. The molecule has 1 aromatic carbocycles. The fourth-order valence-corrected chi connectivity index (χ4v) is 3.05. The Morgan fingerprint density at radius 3 is 2.65 bits per heavy atom. The lowest BCUT2D eigenvalue weighted by Crippen LogP contribution is -2.32. The van der Waals surface area contributed by atoms with E-state index < -0.39 is 5.97 Å². The highest BCUT2D eigenvalue weighted by Crippen LogP contribution is 2.21. The van der Waals surface area contributed by atoms with Crippen LogP contribution in [-0.4, -0.2) is 40.2 Å². The quantitative estimate of drug-likeness (QED) is 0.931. The minimum atomic E-state index is -0.853. The second-order valence-electron chi connectivity index (χ2n) is 5.46. The van der Waals surface area contributed by atoms with Crippen molar-refractivity contribution in [1.29, 1.82) is 0 Å². The van der Waals surface area contributed by atoms with Gasteiger partial charge in [0.1, 0.15) is 0 Å². The molecule has 0 amide bonds. The maximum Gasteiger partial charge on any atom is 0.337 e. The van der Waals surface area contributed by atoms with E-state index >= 15 is 0 Å². The van der Waals surface area contributed by atoms with E-state index in [1.54, 1.807) is 12.1 Å². The molecule has 3 rings (SSSR count). The molecule has 1 saturated heterocycles. The molecule has 0 atom stereocenters. The Morgan fingerprint density at radius 2 is 1.90 bits per heavy atom. The van der Waals surface area contributed by atoms with E-state index in [4.69, 9.17) is 0 Å². The molecular weight excluding hydrogens is 252 g/mol. The number of rotatable bonds is 4. The summed E-state index contributed by atoms with van der Waals surface area (Å²) in [6, 6.07) is 7.46. The lowest BCUT2D eigenvalue weighted by Gasteiger charge is -2.26. The van der Waals surface area contributed by atoms with Crippen LogP contribution < -0.4 is 0 Å². The molecule has 106 valence electrons.